The Balaban J connectivity index is 1.64. The van der Waals surface area contributed by atoms with E-state index in [1.54, 1.807) is 24.7 Å². The minimum Gasteiger partial charge on any atom is -0.457 e. The van der Waals surface area contributed by atoms with E-state index in [9.17, 15) is 4.79 Å². The van der Waals surface area contributed by atoms with Gasteiger partial charge in [0.05, 0.1) is 18.0 Å². The van der Waals surface area contributed by atoms with E-state index in [4.69, 9.17) is 4.42 Å². The van der Waals surface area contributed by atoms with Crippen LogP contribution in [-0.2, 0) is 0 Å². The van der Waals surface area contributed by atoms with Crippen molar-refractivity contribution in [1.82, 2.24) is 14.9 Å². The second-order valence-electron chi connectivity index (χ2n) is 4.45. The monoisotopic (exact) mass is 336 g/mol. The van der Waals surface area contributed by atoms with Crippen molar-refractivity contribution < 1.29 is 9.21 Å². The molecular weight excluding hydrogens is 324 g/mol. The third-order valence-electron chi connectivity index (χ3n) is 3.29. The van der Waals surface area contributed by atoms with E-state index in [1.165, 1.54) is 6.26 Å². The van der Waals surface area contributed by atoms with Gasteiger partial charge in [0, 0.05) is 38.6 Å². The lowest BCUT2D eigenvalue weighted by Crippen LogP contribution is -2.49. The van der Waals surface area contributed by atoms with Crippen molar-refractivity contribution in [1.29, 1.82) is 0 Å². The number of amides is 1. The minimum atomic E-state index is -0.00980. The quantitative estimate of drug-likeness (QED) is 0.836. The van der Waals surface area contributed by atoms with Crippen molar-refractivity contribution in [3.05, 3.63) is 41.2 Å². The van der Waals surface area contributed by atoms with E-state index in [1.807, 2.05) is 4.90 Å². The van der Waals surface area contributed by atoms with E-state index in [0.717, 1.165) is 18.9 Å². The average Bonchev–Trinajstić information content (AvgIpc) is 2.94. The van der Waals surface area contributed by atoms with Crippen LogP contribution in [0.3, 0.4) is 0 Å². The number of carbonyl (C=O) groups is 1. The summed E-state index contributed by atoms with van der Waals surface area (Å²) in [6.07, 6.45) is 6.58. The van der Waals surface area contributed by atoms with Crippen LogP contribution in [0.15, 0.2) is 40.0 Å². The third-order valence-corrected chi connectivity index (χ3v) is 3.90. The molecule has 1 fully saturated rings. The molecule has 2 aromatic heterocycles. The highest BCUT2D eigenvalue weighted by Gasteiger charge is 2.25. The summed E-state index contributed by atoms with van der Waals surface area (Å²) >= 11 is 3.24. The van der Waals surface area contributed by atoms with Crippen LogP contribution in [0.5, 0.6) is 0 Å². The molecule has 0 atom stereocenters. The fraction of sp³-hybridized carbons (Fsp3) is 0.308. The first-order valence-electron chi connectivity index (χ1n) is 6.29. The van der Waals surface area contributed by atoms with Crippen LogP contribution >= 0.6 is 15.9 Å². The summed E-state index contributed by atoms with van der Waals surface area (Å²) in [5, 5.41) is 0. The molecule has 0 N–H and O–H groups in total. The summed E-state index contributed by atoms with van der Waals surface area (Å²) in [6, 6.07) is 1.68. The van der Waals surface area contributed by atoms with Crippen LogP contribution in [0.1, 0.15) is 10.4 Å². The van der Waals surface area contributed by atoms with Crippen LogP contribution in [-0.4, -0.2) is 47.0 Å². The maximum absolute atomic E-state index is 12.3. The molecule has 1 amide bonds. The molecule has 3 heterocycles. The number of rotatable bonds is 2. The topological polar surface area (TPSA) is 62.5 Å². The lowest BCUT2D eigenvalue weighted by atomic mass is 10.2. The Morgan fingerprint density at radius 2 is 2.05 bits per heavy atom. The molecule has 0 aliphatic carbocycles. The van der Waals surface area contributed by atoms with Crippen molar-refractivity contribution in [3.8, 4) is 0 Å². The summed E-state index contributed by atoms with van der Waals surface area (Å²) in [5.41, 5.74) is 0.568. The standard InChI is InChI=1S/C13H13BrN4O2/c14-12-10(1-8-20-12)13(19)18-6-4-17(5-7-18)11-9-15-2-3-16-11/h1-3,8-9H,4-7H2. The largest absolute Gasteiger partial charge is 0.457 e. The predicted octanol–water partition coefficient (Wildman–Crippen LogP) is 1.79. The first-order valence-corrected chi connectivity index (χ1v) is 7.08. The van der Waals surface area contributed by atoms with Crippen LogP contribution in [0.4, 0.5) is 5.82 Å². The Morgan fingerprint density at radius 1 is 1.25 bits per heavy atom. The molecule has 20 heavy (non-hydrogen) atoms. The van der Waals surface area contributed by atoms with Gasteiger partial charge in [-0.2, -0.15) is 0 Å². The van der Waals surface area contributed by atoms with Crippen molar-refractivity contribution in [2.45, 2.75) is 0 Å². The molecule has 104 valence electrons. The van der Waals surface area contributed by atoms with Gasteiger partial charge in [-0.25, -0.2) is 4.98 Å². The number of anilines is 1. The number of hydrogen-bond acceptors (Lipinski definition) is 5. The highest BCUT2D eigenvalue weighted by Crippen LogP contribution is 2.20. The molecular formula is C13H13BrN4O2. The highest BCUT2D eigenvalue weighted by molar-refractivity contribution is 9.10. The Kier molecular flexibility index (Phi) is 3.68. The Morgan fingerprint density at radius 3 is 2.65 bits per heavy atom. The number of halogens is 1. The van der Waals surface area contributed by atoms with E-state index >= 15 is 0 Å². The molecule has 0 spiro atoms. The molecule has 0 aromatic carbocycles. The summed E-state index contributed by atoms with van der Waals surface area (Å²) in [6.45, 7) is 2.82. The van der Waals surface area contributed by atoms with Gasteiger partial charge in [-0.3, -0.25) is 9.78 Å². The maximum Gasteiger partial charge on any atom is 0.258 e. The number of carbonyl (C=O) groups excluding carboxylic acids is 1. The molecule has 0 unspecified atom stereocenters. The van der Waals surface area contributed by atoms with Gasteiger partial charge in [0.2, 0.25) is 0 Å². The maximum atomic E-state index is 12.3. The first-order chi connectivity index (χ1) is 9.75. The van der Waals surface area contributed by atoms with Crippen LogP contribution < -0.4 is 4.90 Å². The zero-order valence-electron chi connectivity index (χ0n) is 10.7. The van der Waals surface area contributed by atoms with Crippen LogP contribution in [0.2, 0.25) is 0 Å². The molecule has 1 aliphatic heterocycles. The number of furan rings is 1. The smallest absolute Gasteiger partial charge is 0.258 e. The second kappa shape index (κ2) is 5.62. The van der Waals surface area contributed by atoms with Crippen LogP contribution in [0.25, 0.3) is 0 Å². The zero-order chi connectivity index (χ0) is 13.9. The minimum absolute atomic E-state index is 0.00980. The number of hydrogen-bond donors (Lipinski definition) is 0. The Labute approximate surface area is 124 Å². The van der Waals surface area contributed by atoms with E-state index in [2.05, 4.69) is 30.8 Å². The molecule has 2 aromatic rings. The molecule has 0 bridgehead atoms. The fourth-order valence-corrected chi connectivity index (χ4v) is 2.62. The van der Waals surface area contributed by atoms with Gasteiger partial charge in [0.15, 0.2) is 4.67 Å². The molecule has 0 saturated carbocycles. The Bertz CT molecular complexity index is 593. The summed E-state index contributed by atoms with van der Waals surface area (Å²) in [7, 11) is 0. The summed E-state index contributed by atoms with van der Waals surface area (Å²) in [5.74, 6) is 0.841. The lowest BCUT2D eigenvalue weighted by molar-refractivity contribution is 0.0744. The number of nitrogens with zero attached hydrogens (tertiary/aromatic N) is 4. The molecule has 6 nitrogen and oxygen atoms in total. The van der Waals surface area contributed by atoms with Crippen molar-refractivity contribution in [3.63, 3.8) is 0 Å². The van der Waals surface area contributed by atoms with Gasteiger partial charge in [-0.15, -0.1) is 0 Å². The van der Waals surface area contributed by atoms with Gasteiger partial charge >= 0.3 is 0 Å². The van der Waals surface area contributed by atoms with Gasteiger partial charge in [0.25, 0.3) is 5.91 Å². The molecule has 1 aliphatic rings. The first kappa shape index (κ1) is 13.1. The average molecular weight is 337 g/mol. The van der Waals surface area contributed by atoms with Gasteiger partial charge in [-0.1, -0.05) is 0 Å². The number of aromatic nitrogens is 2. The van der Waals surface area contributed by atoms with Crippen molar-refractivity contribution >= 4 is 27.7 Å². The molecule has 3 rings (SSSR count). The highest BCUT2D eigenvalue weighted by atomic mass is 79.9. The van der Waals surface area contributed by atoms with E-state index < -0.39 is 0 Å². The lowest BCUT2D eigenvalue weighted by Gasteiger charge is -2.35. The number of piperazine rings is 1. The van der Waals surface area contributed by atoms with Gasteiger partial charge < -0.3 is 14.2 Å². The summed E-state index contributed by atoms with van der Waals surface area (Å²) in [4.78, 5) is 24.6. The van der Waals surface area contributed by atoms with Gasteiger partial charge in [-0.05, 0) is 22.0 Å². The molecule has 7 heteroatoms. The van der Waals surface area contributed by atoms with Crippen LogP contribution in [0, 0.1) is 0 Å². The summed E-state index contributed by atoms with van der Waals surface area (Å²) < 4.78 is 5.59. The third kappa shape index (κ3) is 2.53. The molecule has 0 radical (unpaired) electrons. The Hall–Kier alpha value is -1.89. The van der Waals surface area contributed by atoms with Crippen molar-refractivity contribution in [2.75, 3.05) is 31.1 Å². The SMILES string of the molecule is O=C(c1ccoc1Br)N1CCN(c2cnccn2)CC1. The normalized spacial score (nSPS) is 15.4. The predicted molar refractivity (Wildman–Crippen MR) is 76.6 cm³/mol. The fourth-order valence-electron chi connectivity index (χ4n) is 2.21. The van der Waals surface area contributed by atoms with E-state index in [-0.39, 0.29) is 5.91 Å². The van der Waals surface area contributed by atoms with E-state index in [0.29, 0.717) is 23.3 Å². The van der Waals surface area contributed by atoms with Crippen molar-refractivity contribution in [2.24, 2.45) is 0 Å². The zero-order valence-corrected chi connectivity index (χ0v) is 12.3. The van der Waals surface area contributed by atoms with Gasteiger partial charge in [0.1, 0.15) is 5.82 Å². The second-order valence-corrected chi connectivity index (χ2v) is 5.17. The molecule has 1 saturated heterocycles.